The number of carbonyl (C=O) groups excluding carboxylic acids is 2. The van der Waals surface area contributed by atoms with Crippen molar-refractivity contribution < 1.29 is 19.1 Å². The van der Waals surface area contributed by atoms with E-state index in [0.717, 1.165) is 10.0 Å². The van der Waals surface area contributed by atoms with E-state index in [4.69, 9.17) is 21.1 Å². The van der Waals surface area contributed by atoms with E-state index in [1.807, 2.05) is 19.1 Å². The topological polar surface area (TPSA) is 64.6 Å². The van der Waals surface area contributed by atoms with E-state index in [9.17, 15) is 9.59 Å². The summed E-state index contributed by atoms with van der Waals surface area (Å²) in [7, 11) is 0. The number of para-hydroxylation sites is 1. The Kier molecular flexibility index (Phi) is 6.63. The number of hydrogen-bond donors (Lipinski definition) is 1. The van der Waals surface area contributed by atoms with Gasteiger partial charge in [0.25, 0.3) is 5.91 Å². The van der Waals surface area contributed by atoms with Gasteiger partial charge in [0.1, 0.15) is 5.75 Å². The van der Waals surface area contributed by atoms with E-state index >= 15 is 0 Å². The zero-order valence-electron chi connectivity index (χ0n) is 12.8. The highest BCUT2D eigenvalue weighted by Crippen LogP contribution is 2.23. The number of esters is 1. The second-order valence-corrected chi connectivity index (χ2v) is 6.15. The highest BCUT2D eigenvalue weighted by molar-refractivity contribution is 9.10. The molecule has 5 nitrogen and oxygen atoms in total. The van der Waals surface area contributed by atoms with Gasteiger partial charge >= 0.3 is 5.97 Å². The normalized spacial score (nSPS) is 10.1. The molecule has 24 heavy (non-hydrogen) atoms. The van der Waals surface area contributed by atoms with E-state index in [-0.39, 0.29) is 13.2 Å². The Morgan fingerprint density at radius 2 is 1.92 bits per heavy atom. The molecule has 0 saturated heterocycles. The smallest absolute Gasteiger partial charge is 0.344 e. The number of carbonyl (C=O) groups is 2. The van der Waals surface area contributed by atoms with Crippen molar-refractivity contribution in [1.29, 1.82) is 0 Å². The highest BCUT2D eigenvalue weighted by Gasteiger charge is 2.10. The maximum Gasteiger partial charge on any atom is 0.344 e. The molecule has 0 aliphatic rings. The maximum atomic E-state index is 11.8. The largest absolute Gasteiger partial charge is 0.480 e. The van der Waals surface area contributed by atoms with Gasteiger partial charge in [-0.3, -0.25) is 4.79 Å². The molecule has 0 heterocycles. The maximum absolute atomic E-state index is 11.8. The standard InChI is InChI=1S/C17H15BrClNO4/c1-11-8-12(6-7-13(11)18)20-16(21)9-24-17(22)10-23-15-5-3-2-4-14(15)19/h2-8H,9-10H2,1H3,(H,20,21). The third kappa shape index (κ3) is 5.54. The molecule has 126 valence electrons. The summed E-state index contributed by atoms with van der Waals surface area (Å²) < 4.78 is 11.0. The molecular formula is C17H15BrClNO4. The van der Waals surface area contributed by atoms with Crippen molar-refractivity contribution in [3.8, 4) is 5.75 Å². The number of hydrogen-bond acceptors (Lipinski definition) is 4. The molecule has 1 amide bonds. The van der Waals surface area contributed by atoms with Crippen molar-refractivity contribution in [2.75, 3.05) is 18.5 Å². The van der Waals surface area contributed by atoms with Gasteiger partial charge in [-0.25, -0.2) is 4.79 Å². The fourth-order valence-corrected chi connectivity index (χ4v) is 2.24. The van der Waals surface area contributed by atoms with Gasteiger partial charge in [-0.15, -0.1) is 0 Å². The van der Waals surface area contributed by atoms with Crippen LogP contribution in [0.15, 0.2) is 46.9 Å². The highest BCUT2D eigenvalue weighted by atomic mass is 79.9. The summed E-state index contributed by atoms with van der Waals surface area (Å²) in [4.78, 5) is 23.4. The van der Waals surface area contributed by atoms with Gasteiger partial charge in [0.05, 0.1) is 5.02 Å². The van der Waals surface area contributed by atoms with Gasteiger partial charge in [0.2, 0.25) is 0 Å². The summed E-state index contributed by atoms with van der Waals surface area (Å²) in [6, 6.07) is 12.2. The number of aryl methyl sites for hydroxylation is 1. The van der Waals surface area contributed by atoms with Crippen LogP contribution in [0.25, 0.3) is 0 Å². The van der Waals surface area contributed by atoms with E-state index in [1.165, 1.54) is 0 Å². The zero-order chi connectivity index (χ0) is 17.5. The minimum absolute atomic E-state index is 0.325. The molecule has 0 saturated carbocycles. The lowest BCUT2D eigenvalue weighted by molar-refractivity contribution is -0.149. The van der Waals surface area contributed by atoms with Crippen molar-refractivity contribution in [2.45, 2.75) is 6.92 Å². The number of amides is 1. The van der Waals surface area contributed by atoms with Crippen LogP contribution in [-0.2, 0) is 14.3 Å². The molecule has 0 bridgehead atoms. The second-order valence-electron chi connectivity index (χ2n) is 4.89. The van der Waals surface area contributed by atoms with Gasteiger partial charge in [-0.05, 0) is 42.8 Å². The van der Waals surface area contributed by atoms with Gasteiger partial charge < -0.3 is 14.8 Å². The van der Waals surface area contributed by atoms with E-state index in [1.54, 1.807) is 30.3 Å². The molecule has 1 N–H and O–H groups in total. The number of ether oxygens (including phenoxy) is 2. The molecule has 0 aliphatic carbocycles. The number of rotatable bonds is 6. The second kappa shape index (κ2) is 8.70. The van der Waals surface area contributed by atoms with Crippen molar-refractivity contribution in [2.24, 2.45) is 0 Å². The molecule has 2 aromatic carbocycles. The lowest BCUT2D eigenvalue weighted by atomic mass is 10.2. The van der Waals surface area contributed by atoms with Gasteiger partial charge in [0, 0.05) is 10.2 Å². The average Bonchev–Trinajstić information content (AvgIpc) is 2.55. The van der Waals surface area contributed by atoms with Crippen LogP contribution in [0.5, 0.6) is 5.75 Å². The molecule has 0 aliphatic heterocycles. The SMILES string of the molecule is Cc1cc(NC(=O)COC(=O)COc2ccccc2Cl)ccc1Br. The fourth-order valence-electron chi connectivity index (χ4n) is 1.81. The Balaban J connectivity index is 1.76. The molecule has 0 spiro atoms. The average molecular weight is 413 g/mol. The molecule has 0 atom stereocenters. The molecule has 0 aromatic heterocycles. The first-order valence-electron chi connectivity index (χ1n) is 7.04. The van der Waals surface area contributed by atoms with Crippen LogP contribution in [0.2, 0.25) is 5.02 Å². The van der Waals surface area contributed by atoms with Gasteiger partial charge in [-0.1, -0.05) is 39.7 Å². The summed E-state index contributed by atoms with van der Waals surface area (Å²) in [6.45, 7) is 1.19. The van der Waals surface area contributed by atoms with E-state index < -0.39 is 11.9 Å². The first kappa shape index (κ1) is 18.3. The summed E-state index contributed by atoms with van der Waals surface area (Å²) in [6.07, 6.45) is 0. The lowest BCUT2D eigenvalue weighted by Crippen LogP contribution is -2.23. The van der Waals surface area contributed by atoms with Gasteiger partial charge in [-0.2, -0.15) is 0 Å². The van der Waals surface area contributed by atoms with Crippen molar-refractivity contribution in [3.05, 3.63) is 57.5 Å². The Hall–Kier alpha value is -2.05. The molecular weight excluding hydrogens is 398 g/mol. The summed E-state index contributed by atoms with van der Waals surface area (Å²) in [5.74, 6) is -0.703. The number of benzene rings is 2. The Labute approximate surface area is 153 Å². The predicted octanol–water partition coefficient (Wildman–Crippen LogP) is 3.97. The molecule has 2 rings (SSSR count). The fraction of sp³-hybridized carbons (Fsp3) is 0.176. The Bertz CT molecular complexity index is 751. The van der Waals surface area contributed by atoms with Crippen LogP contribution in [-0.4, -0.2) is 25.1 Å². The molecule has 0 unspecified atom stereocenters. The number of anilines is 1. The molecule has 7 heteroatoms. The number of nitrogens with one attached hydrogen (secondary N) is 1. The first-order valence-corrected chi connectivity index (χ1v) is 8.22. The van der Waals surface area contributed by atoms with Crippen LogP contribution in [0.3, 0.4) is 0 Å². The molecule has 0 fully saturated rings. The third-order valence-corrected chi connectivity index (χ3v) is 4.19. The van der Waals surface area contributed by atoms with Gasteiger partial charge in [0.15, 0.2) is 13.2 Å². The van der Waals surface area contributed by atoms with Crippen LogP contribution in [0.1, 0.15) is 5.56 Å². The van der Waals surface area contributed by atoms with Crippen molar-refractivity contribution in [3.63, 3.8) is 0 Å². The first-order chi connectivity index (χ1) is 11.5. The van der Waals surface area contributed by atoms with E-state index in [0.29, 0.717) is 16.5 Å². The molecule has 0 radical (unpaired) electrons. The number of halogens is 2. The van der Waals surface area contributed by atoms with Crippen LogP contribution < -0.4 is 10.1 Å². The Morgan fingerprint density at radius 1 is 1.17 bits per heavy atom. The summed E-state index contributed by atoms with van der Waals surface area (Å²) in [5, 5.41) is 3.05. The summed E-state index contributed by atoms with van der Waals surface area (Å²) in [5.41, 5.74) is 1.61. The minimum atomic E-state index is -0.656. The monoisotopic (exact) mass is 411 g/mol. The Morgan fingerprint density at radius 3 is 2.62 bits per heavy atom. The van der Waals surface area contributed by atoms with Crippen molar-refractivity contribution >= 4 is 45.1 Å². The quantitative estimate of drug-likeness (QED) is 0.729. The minimum Gasteiger partial charge on any atom is -0.480 e. The van der Waals surface area contributed by atoms with E-state index in [2.05, 4.69) is 21.2 Å². The zero-order valence-corrected chi connectivity index (χ0v) is 15.2. The predicted molar refractivity (Wildman–Crippen MR) is 95.4 cm³/mol. The van der Waals surface area contributed by atoms with Crippen molar-refractivity contribution in [1.82, 2.24) is 0 Å². The van der Waals surface area contributed by atoms with Crippen LogP contribution >= 0.6 is 27.5 Å². The lowest BCUT2D eigenvalue weighted by Gasteiger charge is -2.09. The molecule has 2 aromatic rings. The van der Waals surface area contributed by atoms with Crippen LogP contribution in [0.4, 0.5) is 5.69 Å². The summed E-state index contributed by atoms with van der Waals surface area (Å²) >= 11 is 9.29. The van der Waals surface area contributed by atoms with Crippen LogP contribution in [0, 0.1) is 6.92 Å². The third-order valence-electron chi connectivity index (χ3n) is 2.99.